The standard InChI is InChI=1S/C19H30N4O6/c1-4-19(5-2)16(26)23(18(28)22-19)10-15(25)29-11-14(24)21-17(27)20-13-9-7-6-8-12(13)3/h12-13H,4-11H2,1-3H3,(H,22,28)(H2,20,21,24,27)/t12-,13-/m1/s1. The Bertz CT molecular complexity index is 676. The minimum absolute atomic E-state index is 0.0104. The lowest BCUT2D eigenvalue weighted by molar-refractivity contribution is -0.151. The molecule has 1 aliphatic heterocycles. The van der Waals surface area contributed by atoms with Crippen molar-refractivity contribution >= 4 is 29.8 Å². The molecule has 2 atom stereocenters. The number of nitrogens with zero attached hydrogens (tertiary/aromatic N) is 1. The first-order valence-electron chi connectivity index (χ1n) is 10.1. The van der Waals surface area contributed by atoms with E-state index in [1.54, 1.807) is 13.8 Å². The second-order valence-electron chi connectivity index (χ2n) is 7.66. The number of amides is 6. The minimum Gasteiger partial charge on any atom is -0.454 e. The summed E-state index contributed by atoms with van der Waals surface area (Å²) in [5.41, 5.74) is -1.01. The van der Waals surface area contributed by atoms with Crippen LogP contribution in [0.15, 0.2) is 0 Å². The molecule has 1 aliphatic carbocycles. The van der Waals surface area contributed by atoms with Gasteiger partial charge in [-0.05, 0) is 31.6 Å². The molecule has 0 aromatic rings. The van der Waals surface area contributed by atoms with E-state index in [0.29, 0.717) is 18.8 Å². The predicted molar refractivity (Wildman–Crippen MR) is 103 cm³/mol. The van der Waals surface area contributed by atoms with Crippen LogP contribution in [-0.2, 0) is 19.1 Å². The molecule has 6 amide bonds. The van der Waals surface area contributed by atoms with Gasteiger partial charge in [-0.15, -0.1) is 0 Å². The molecule has 0 aromatic heterocycles. The number of esters is 1. The van der Waals surface area contributed by atoms with Crippen LogP contribution in [-0.4, -0.2) is 59.5 Å². The van der Waals surface area contributed by atoms with E-state index >= 15 is 0 Å². The predicted octanol–water partition coefficient (Wildman–Crippen LogP) is 1.04. The molecule has 0 radical (unpaired) electrons. The van der Waals surface area contributed by atoms with Gasteiger partial charge in [-0.3, -0.25) is 24.6 Å². The van der Waals surface area contributed by atoms with E-state index in [4.69, 9.17) is 4.74 Å². The molecule has 29 heavy (non-hydrogen) atoms. The lowest BCUT2D eigenvalue weighted by atomic mass is 9.86. The fourth-order valence-corrected chi connectivity index (χ4v) is 3.77. The first kappa shape index (κ1) is 22.6. The Morgan fingerprint density at radius 1 is 1.17 bits per heavy atom. The van der Waals surface area contributed by atoms with Crippen molar-refractivity contribution in [3.05, 3.63) is 0 Å². The average Bonchev–Trinajstić information content (AvgIpc) is 2.92. The van der Waals surface area contributed by atoms with Crippen LogP contribution in [0.2, 0.25) is 0 Å². The molecule has 2 aliphatic rings. The maximum Gasteiger partial charge on any atom is 0.326 e. The molecule has 0 spiro atoms. The highest BCUT2D eigenvalue weighted by molar-refractivity contribution is 6.08. The first-order valence-corrected chi connectivity index (χ1v) is 10.1. The molecule has 1 saturated heterocycles. The molecule has 3 N–H and O–H groups in total. The fourth-order valence-electron chi connectivity index (χ4n) is 3.77. The Kier molecular flexibility index (Phi) is 7.58. The number of hydrogen-bond donors (Lipinski definition) is 3. The molecular weight excluding hydrogens is 380 g/mol. The minimum atomic E-state index is -1.01. The summed E-state index contributed by atoms with van der Waals surface area (Å²) in [7, 11) is 0. The number of nitrogens with one attached hydrogen (secondary N) is 3. The SMILES string of the molecule is CCC1(CC)NC(=O)N(CC(=O)OCC(=O)NC(=O)N[C@@H]2CCCC[C@H]2C)C1=O. The molecule has 2 rings (SSSR count). The molecule has 0 bridgehead atoms. The van der Waals surface area contributed by atoms with Crippen molar-refractivity contribution in [3.8, 4) is 0 Å². The molecule has 0 aromatic carbocycles. The zero-order valence-electron chi connectivity index (χ0n) is 17.2. The van der Waals surface area contributed by atoms with Crippen molar-refractivity contribution in [2.75, 3.05) is 13.2 Å². The van der Waals surface area contributed by atoms with Crippen LogP contribution in [0.1, 0.15) is 59.3 Å². The number of hydrogen-bond acceptors (Lipinski definition) is 6. The second-order valence-corrected chi connectivity index (χ2v) is 7.66. The van der Waals surface area contributed by atoms with Crippen LogP contribution in [0.5, 0.6) is 0 Å². The molecule has 162 valence electrons. The van der Waals surface area contributed by atoms with Gasteiger partial charge in [0.25, 0.3) is 11.8 Å². The number of carbonyl (C=O) groups excluding carboxylic acids is 5. The van der Waals surface area contributed by atoms with Crippen LogP contribution >= 0.6 is 0 Å². The normalized spacial score (nSPS) is 23.3. The van der Waals surface area contributed by atoms with E-state index in [-0.39, 0.29) is 6.04 Å². The number of carbonyl (C=O) groups is 5. The number of imide groups is 2. The molecular formula is C19H30N4O6. The molecule has 10 nitrogen and oxygen atoms in total. The average molecular weight is 410 g/mol. The lowest BCUT2D eigenvalue weighted by Gasteiger charge is -2.29. The number of ether oxygens (including phenoxy) is 1. The Hall–Kier alpha value is -2.65. The van der Waals surface area contributed by atoms with Crippen LogP contribution in [0.4, 0.5) is 9.59 Å². The lowest BCUT2D eigenvalue weighted by Crippen LogP contribution is -2.48. The highest BCUT2D eigenvalue weighted by Crippen LogP contribution is 2.25. The Balaban J connectivity index is 1.76. The van der Waals surface area contributed by atoms with Gasteiger partial charge in [0, 0.05) is 6.04 Å². The van der Waals surface area contributed by atoms with E-state index in [1.807, 2.05) is 0 Å². The van der Waals surface area contributed by atoms with Crippen LogP contribution in [0.25, 0.3) is 0 Å². The monoisotopic (exact) mass is 410 g/mol. The Morgan fingerprint density at radius 2 is 1.83 bits per heavy atom. The van der Waals surface area contributed by atoms with E-state index in [1.165, 1.54) is 0 Å². The topological polar surface area (TPSA) is 134 Å². The molecule has 2 fully saturated rings. The van der Waals surface area contributed by atoms with Crippen molar-refractivity contribution < 1.29 is 28.7 Å². The summed E-state index contributed by atoms with van der Waals surface area (Å²) in [6.45, 7) is 4.32. The highest BCUT2D eigenvalue weighted by Gasteiger charge is 2.49. The summed E-state index contributed by atoms with van der Waals surface area (Å²) in [5.74, 6) is -1.85. The summed E-state index contributed by atoms with van der Waals surface area (Å²) in [6, 6.07) is -1.29. The highest BCUT2D eigenvalue weighted by atomic mass is 16.5. The van der Waals surface area contributed by atoms with Crippen molar-refractivity contribution in [2.45, 2.75) is 70.9 Å². The fraction of sp³-hybridized carbons (Fsp3) is 0.737. The van der Waals surface area contributed by atoms with Gasteiger partial charge in [0.1, 0.15) is 12.1 Å². The van der Waals surface area contributed by atoms with Crippen molar-refractivity contribution in [1.82, 2.24) is 20.9 Å². The van der Waals surface area contributed by atoms with Gasteiger partial charge >= 0.3 is 18.0 Å². The first-order chi connectivity index (χ1) is 13.7. The maximum atomic E-state index is 12.4. The number of urea groups is 2. The van der Waals surface area contributed by atoms with E-state index in [0.717, 1.165) is 30.6 Å². The Labute approximate surface area is 170 Å². The van der Waals surface area contributed by atoms with Crippen molar-refractivity contribution in [3.63, 3.8) is 0 Å². The van der Waals surface area contributed by atoms with Gasteiger partial charge in [-0.2, -0.15) is 0 Å². The molecule has 1 heterocycles. The van der Waals surface area contributed by atoms with Crippen LogP contribution in [0, 0.1) is 5.92 Å². The van der Waals surface area contributed by atoms with Crippen LogP contribution in [0.3, 0.4) is 0 Å². The van der Waals surface area contributed by atoms with Gasteiger partial charge in [-0.1, -0.05) is 33.6 Å². The van der Waals surface area contributed by atoms with E-state index in [2.05, 4.69) is 22.9 Å². The second kappa shape index (κ2) is 9.71. The zero-order chi connectivity index (χ0) is 21.6. The smallest absolute Gasteiger partial charge is 0.326 e. The summed E-state index contributed by atoms with van der Waals surface area (Å²) in [5, 5.41) is 7.48. The summed E-state index contributed by atoms with van der Waals surface area (Å²) in [6.07, 6.45) is 4.84. The summed E-state index contributed by atoms with van der Waals surface area (Å²) < 4.78 is 4.80. The van der Waals surface area contributed by atoms with Gasteiger partial charge in [0.05, 0.1) is 0 Å². The van der Waals surface area contributed by atoms with Crippen LogP contribution < -0.4 is 16.0 Å². The van der Waals surface area contributed by atoms with Crippen molar-refractivity contribution in [2.24, 2.45) is 5.92 Å². The third-order valence-electron chi connectivity index (χ3n) is 5.79. The van der Waals surface area contributed by atoms with Gasteiger partial charge in [-0.25, -0.2) is 9.59 Å². The molecule has 1 saturated carbocycles. The summed E-state index contributed by atoms with van der Waals surface area (Å²) >= 11 is 0. The molecule has 10 heteroatoms. The zero-order valence-corrected chi connectivity index (χ0v) is 17.2. The summed E-state index contributed by atoms with van der Waals surface area (Å²) in [4.78, 5) is 60.9. The van der Waals surface area contributed by atoms with Gasteiger partial charge in [0.15, 0.2) is 6.61 Å². The maximum absolute atomic E-state index is 12.4. The molecule has 0 unspecified atom stereocenters. The van der Waals surface area contributed by atoms with Gasteiger partial charge in [0.2, 0.25) is 0 Å². The van der Waals surface area contributed by atoms with E-state index < -0.39 is 48.5 Å². The third-order valence-corrected chi connectivity index (χ3v) is 5.79. The number of rotatable bonds is 7. The largest absolute Gasteiger partial charge is 0.454 e. The Morgan fingerprint density at radius 3 is 2.41 bits per heavy atom. The van der Waals surface area contributed by atoms with E-state index in [9.17, 15) is 24.0 Å². The quantitative estimate of drug-likeness (QED) is 0.424. The van der Waals surface area contributed by atoms with Gasteiger partial charge < -0.3 is 15.4 Å². The van der Waals surface area contributed by atoms with Crippen molar-refractivity contribution in [1.29, 1.82) is 0 Å². The third kappa shape index (κ3) is 5.45.